The predicted octanol–water partition coefficient (Wildman–Crippen LogP) is -0.286. The number of rotatable bonds is 6. The third-order valence-corrected chi connectivity index (χ3v) is 6.99. The molecule has 0 spiro atoms. The second-order valence-electron chi connectivity index (χ2n) is 8.99. The van der Waals surface area contributed by atoms with E-state index in [1.54, 1.807) is 30.3 Å². The van der Waals surface area contributed by atoms with E-state index in [1.807, 2.05) is 6.92 Å². The first kappa shape index (κ1) is 25.5. The second-order valence-corrected chi connectivity index (χ2v) is 8.99. The van der Waals surface area contributed by atoms with Crippen LogP contribution in [0.3, 0.4) is 0 Å². The lowest BCUT2D eigenvalue weighted by Crippen LogP contribution is -2.60. The molecule has 1 aromatic carbocycles. The molecule has 1 aliphatic carbocycles. The van der Waals surface area contributed by atoms with Crippen LogP contribution in [0.1, 0.15) is 23.7 Å². The molecule has 1 aromatic rings. The van der Waals surface area contributed by atoms with Gasteiger partial charge in [0, 0.05) is 17.8 Å². The van der Waals surface area contributed by atoms with Gasteiger partial charge in [-0.25, -0.2) is 9.59 Å². The minimum absolute atomic E-state index is 0.260. The van der Waals surface area contributed by atoms with Crippen molar-refractivity contribution >= 4 is 11.9 Å². The first-order valence-corrected chi connectivity index (χ1v) is 11.4. The first-order chi connectivity index (χ1) is 16.8. The molecular weight excluding hydrogens is 464 g/mol. The van der Waals surface area contributed by atoms with E-state index in [0.29, 0.717) is 12.0 Å². The fraction of sp³-hybridized carbons (Fsp3) is 0.583. The Hall–Kier alpha value is -2.54. The van der Waals surface area contributed by atoms with Gasteiger partial charge in [0.1, 0.15) is 30.5 Å². The molecule has 0 unspecified atom stereocenters. The smallest absolute Gasteiger partial charge is 0.338 e. The third-order valence-electron chi connectivity index (χ3n) is 6.99. The molecule has 11 heteroatoms. The Morgan fingerprint density at radius 1 is 1.03 bits per heavy atom. The summed E-state index contributed by atoms with van der Waals surface area (Å²) < 4.78 is 27.7. The van der Waals surface area contributed by atoms with E-state index in [4.69, 9.17) is 23.7 Å². The average molecular weight is 494 g/mol. The summed E-state index contributed by atoms with van der Waals surface area (Å²) in [7, 11) is 1.25. The molecule has 2 fully saturated rings. The van der Waals surface area contributed by atoms with Crippen LogP contribution in [0, 0.1) is 17.8 Å². The predicted molar refractivity (Wildman–Crippen MR) is 116 cm³/mol. The quantitative estimate of drug-likeness (QED) is 0.385. The molecule has 1 saturated carbocycles. The molecule has 10 atom stereocenters. The van der Waals surface area contributed by atoms with Crippen LogP contribution < -0.4 is 0 Å². The number of ether oxygens (including phenoxy) is 5. The molecule has 3 aliphatic rings. The van der Waals surface area contributed by atoms with Gasteiger partial charge in [-0.05, 0) is 18.6 Å². The number of carbonyl (C=O) groups is 2. The van der Waals surface area contributed by atoms with Crippen LogP contribution in [0.5, 0.6) is 0 Å². The Bertz CT molecular complexity index is 933. The number of hydrogen-bond acceptors (Lipinski definition) is 11. The molecule has 2 aliphatic heterocycles. The van der Waals surface area contributed by atoms with Crippen molar-refractivity contribution in [3.8, 4) is 0 Å². The zero-order chi connectivity index (χ0) is 25.3. The lowest BCUT2D eigenvalue weighted by molar-refractivity contribution is -0.342. The molecule has 35 heavy (non-hydrogen) atoms. The third kappa shape index (κ3) is 4.92. The summed E-state index contributed by atoms with van der Waals surface area (Å²) >= 11 is 0. The number of esters is 2. The van der Waals surface area contributed by atoms with Crippen LogP contribution in [-0.2, 0) is 28.5 Å². The van der Waals surface area contributed by atoms with Crippen LogP contribution in [0.15, 0.2) is 42.2 Å². The van der Waals surface area contributed by atoms with E-state index in [1.165, 1.54) is 13.4 Å². The van der Waals surface area contributed by atoms with Gasteiger partial charge in [-0.2, -0.15) is 0 Å². The molecule has 4 N–H and O–H groups in total. The molecular formula is C24H30O11. The van der Waals surface area contributed by atoms with Crippen molar-refractivity contribution in [3.05, 3.63) is 47.7 Å². The monoisotopic (exact) mass is 494 g/mol. The summed E-state index contributed by atoms with van der Waals surface area (Å²) in [5, 5.41) is 39.9. The number of aliphatic hydroxyl groups is 4. The molecule has 0 bridgehead atoms. The largest absolute Gasteiger partial charge is 0.472 e. The summed E-state index contributed by atoms with van der Waals surface area (Å²) in [6.45, 7) is 1.23. The Balaban J connectivity index is 1.55. The lowest BCUT2D eigenvalue weighted by Gasteiger charge is -2.43. The molecule has 0 radical (unpaired) electrons. The van der Waals surface area contributed by atoms with E-state index in [0.717, 1.165) is 0 Å². The summed E-state index contributed by atoms with van der Waals surface area (Å²) in [5.74, 6) is -2.38. The molecule has 11 nitrogen and oxygen atoms in total. The van der Waals surface area contributed by atoms with Crippen molar-refractivity contribution < 1.29 is 53.7 Å². The number of benzene rings is 1. The summed E-state index contributed by atoms with van der Waals surface area (Å²) in [6, 6.07) is 8.52. The van der Waals surface area contributed by atoms with E-state index in [-0.39, 0.29) is 11.5 Å². The maximum atomic E-state index is 12.7. The highest BCUT2D eigenvalue weighted by Crippen LogP contribution is 2.48. The van der Waals surface area contributed by atoms with Crippen molar-refractivity contribution in [2.45, 2.75) is 56.4 Å². The van der Waals surface area contributed by atoms with Crippen LogP contribution in [-0.4, -0.2) is 89.2 Å². The molecule has 1 saturated heterocycles. The van der Waals surface area contributed by atoms with Gasteiger partial charge >= 0.3 is 11.9 Å². The van der Waals surface area contributed by atoms with Gasteiger partial charge in [-0.15, -0.1) is 0 Å². The highest BCUT2D eigenvalue weighted by Gasteiger charge is 2.54. The molecule has 0 amide bonds. The van der Waals surface area contributed by atoms with Gasteiger partial charge in [0.05, 0.1) is 31.1 Å². The molecule has 0 aromatic heterocycles. The van der Waals surface area contributed by atoms with Crippen molar-refractivity contribution in [1.29, 1.82) is 0 Å². The summed E-state index contributed by atoms with van der Waals surface area (Å²) in [4.78, 5) is 25.1. The number of methoxy groups -OCH3 is 1. The lowest BCUT2D eigenvalue weighted by atomic mass is 9.83. The molecule has 2 heterocycles. The van der Waals surface area contributed by atoms with E-state index < -0.39 is 73.5 Å². The Kier molecular flexibility index (Phi) is 7.74. The van der Waals surface area contributed by atoms with E-state index in [2.05, 4.69) is 0 Å². The Morgan fingerprint density at radius 2 is 1.74 bits per heavy atom. The van der Waals surface area contributed by atoms with Crippen LogP contribution in [0.4, 0.5) is 0 Å². The molecule has 4 rings (SSSR count). The van der Waals surface area contributed by atoms with Gasteiger partial charge in [0.25, 0.3) is 0 Å². The Labute approximate surface area is 201 Å². The summed E-state index contributed by atoms with van der Waals surface area (Å²) in [6.07, 6.45) is -7.45. The highest BCUT2D eigenvalue weighted by molar-refractivity contribution is 5.90. The zero-order valence-corrected chi connectivity index (χ0v) is 19.3. The minimum Gasteiger partial charge on any atom is -0.472 e. The zero-order valence-electron chi connectivity index (χ0n) is 19.3. The normalized spacial score (nSPS) is 38.6. The van der Waals surface area contributed by atoms with Crippen LogP contribution in [0.2, 0.25) is 0 Å². The first-order valence-electron chi connectivity index (χ1n) is 11.4. The Morgan fingerprint density at radius 3 is 2.40 bits per heavy atom. The van der Waals surface area contributed by atoms with E-state index >= 15 is 0 Å². The number of fused-ring (bicyclic) bond motifs is 1. The van der Waals surface area contributed by atoms with Crippen LogP contribution in [0.25, 0.3) is 0 Å². The van der Waals surface area contributed by atoms with Crippen molar-refractivity contribution in [1.82, 2.24) is 0 Å². The number of carbonyl (C=O) groups excluding carboxylic acids is 2. The van der Waals surface area contributed by atoms with Crippen molar-refractivity contribution in [3.63, 3.8) is 0 Å². The van der Waals surface area contributed by atoms with Gasteiger partial charge in [0.2, 0.25) is 6.29 Å². The van der Waals surface area contributed by atoms with Gasteiger partial charge in [0.15, 0.2) is 6.29 Å². The maximum absolute atomic E-state index is 12.7. The standard InChI is InChI=1S/C24H30O11/c1-11-15(33-21(29)12-6-4-3-5-7-12)8-13-14(22(30)31-2)10-32-23(17(11)13)35-24-20(28)19(27)18(26)16(9-25)34-24/h3-7,10-11,13,15-20,23-28H,8-9H2,1-2H3/t11-,13+,15+,16+,17+,18+,19+,20+,23+,24-/m0/s1. The maximum Gasteiger partial charge on any atom is 0.338 e. The average Bonchev–Trinajstić information content (AvgIpc) is 3.20. The van der Waals surface area contributed by atoms with Crippen molar-refractivity contribution in [2.24, 2.45) is 17.8 Å². The van der Waals surface area contributed by atoms with E-state index in [9.17, 15) is 30.0 Å². The van der Waals surface area contributed by atoms with Gasteiger partial charge in [-0.1, -0.05) is 25.1 Å². The SMILES string of the molecule is COC(=O)C1=CO[C@H](O[C@@H]2O[C@H](CO)[C@@H](O)[C@@H](O)[C@H]2O)[C@@H]2[C@@H](C)[C@H](OC(=O)c3ccccc3)C[C@H]12. The van der Waals surface area contributed by atoms with Crippen molar-refractivity contribution in [2.75, 3.05) is 13.7 Å². The minimum atomic E-state index is -1.62. The fourth-order valence-electron chi connectivity index (χ4n) is 5.01. The number of aliphatic hydroxyl groups excluding tert-OH is 4. The highest BCUT2D eigenvalue weighted by atomic mass is 16.8. The van der Waals surface area contributed by atoms with Crippen LogP contribution >= 0.6 is 0 Å². The van der Waals surface area contributed by atoms with Gasteiger partial charge < -0.3 is 44.1 Å². The second kappa shape index (κ2) is 10.6. The topological polar surface area (TPSA) is 161 Å². The fourth-order valence-corrected chi connectivity index (χ4v) is 5.01. The summed E-state index contributed by atoms with van der Waals surface area (Å²) in [5.41, 5.74) is 0.653. The number of hydrogen-bond donors (Lipinski definition) is 4. The van der Waals surface area contributed by atoms with Gasteiger partial charge in [-0.3, -0.25) is 0 Å². The molecule has 192 valence electrons.